The lowest BCUT2D eigenvalue weighted by Crippen LogP contribution is -2.37. The van der Waals surface area contributed by atoms with Crippen LogP contribution in [0.1, 0.15) is 25.1 Å². The standard InChI is InChI=1S/C11H17NO2S/c1-8(6-10-4-3-5-15-10)12-9(2)7-11(13)14/h3-5,8-9,12H,6-7H2,1-2H3,(H,13,14). The number of nitrogens with one attached hydrogen (secondary N) is 1. The van der Waals surface area contributed by atoms with E-state index in [4.69, 9.17) is 5.11 Å². The van der Waals surface area contributed by atoms with E-state index in [0.29, 0.717) is 6.04 Å². The van der Waals surface area contributed by atoms with E-state index < -0.39 is 5.97 Å². The number of carbonyl (C=O) groups is 1. The predicted octanol–water partition coefficient (Wildman–Crippen LogP) is 2.13. The Morgan fingerprint density at radius 2 is 2.27 bits per heavy atom. The van der Waals surface area contributed by atoms with Crippen LogP contribution < -0.4 is 5.32 Å². The van der Waals surface area contributed by atoms with Gasteiger partial charge in [0, 0.05) is 17.0 Å². The fraction of sp³-hybridized carbons (Fsp3) is 0.545. The van der Waals surface area contributed by atoms with E-state index in [-0.39, 0.29) is 12.5 Å². The number of hydrogen-bond donors (Lipinski definition) is 2. The van der Waals surface area contributed by atoms with Gasteiger partial charge in [-0.1, -0.05) is 6.07 Å². The Labute approximate surface area is 94.1 Å². The van der Waals surface area contributed by atoms with Crippen molar-refractivity contribution in [3.05, 3.63) is 22.4 Å². The summed E-state index contributed by atoms with van der Waals surface area (Å²) < 4.78 is 0. The first kappa shape index (κ1) is 12.2. The molecule has 1 heterocycles. The maximum Gasteiger partial charge on any atom is 0.304 e. The minimum atomic E-state index is -0.752. The van der Waals surface area contributed by atoms with Crippen molar-refractivity contribution < 1.29 is 9.90 Å². The molecule has 4 heteroatoms. The van der Waals surface area contributed by atoms with Gasteiger partial charge >= 0.3 is 5.97 Å². The van der Waals surface area contributed by atoms with Gasteiger partial charge in [0.2, 0.25) is 0 Å². The zero-order chi connectivity index (χ0) is 11.3. The molecule has 3 nitrogen and oxygen atoms in total. The minimum Gasteiger partial charge on any atom is -0.481 e. The summed E-state index contributed by atoms with van der Waals surface area (Å²) in [6.45, 7) is 3.98. The molecule has 1 rings (SSSR count). The molecule has 0 aliphatic heterocycles. The molecule has 84 valence electrons. The van der Waals surface area contributed by atoms with Gasteiger partial charge < -0.3 is 10.4 Å². The number of carboxylic acid groups (broad SMARTS) is 1. The Bertz CT molecular complexity index is 298. The molecule has 1 aromatic rings. The molecule has 0 bridgehead atoms. The Morgan fingerprint density at radius 1 is 1.53 bits per heavy atom. The molecule has 0 saturated heterocycles. The van der Waals surface area contributed by atoms with Gasteiger partial charge in [0.15, 0.2) is 0 Å². The van der Waals surface area contributed by atoms with Crippen LogP contribution in [0.2, 0.25) is 0 Å². The molecule has 0 aliphatic carbocycles. The second-order valence-corrected chi connectivity index (χ2v) is 4.88. The van der Waals surface area contributed by atoms with Crippen molar-refractivity contribution in [2.24, 2.45) is 0 Å². The van der Waals surface area contributed by atoms with Crippen LogP contribution in [0, 0.1) is 0 Å². The summed E-state index contributed by atoms with van der Waals surface area (Å²) in [4.78, 5) is 11.8. The van der Waals surface area contributed by atoms with Gasteiger partial charge in [0.05, 0.1) is 6.42 Å². The SMILES string of the molecule is CC(CC(=O)O)NC(C)Cc1cccs1. The van der Waals surface area contributed by atoms with Crippen LogP contribution in [0.25, 0.3) is 0 Å². The molecular formula is C11H17NO2S. The van der Waals surface area contributed by atoms with Crippen molar-refractivity contribution in [1.29, 1.82) is 0 Å². The third-order valence-corrected chi connectivity index (χ3v) is 3.04. The maximum absolute atomic E-state index is 10.5. The minimum absolute atomic E-state index is 0.0254. The quantitative estimate of drug-likeness (QED) is 0.782. The number of hydrogen-bond acceptors (Lipinski definition) is 3. The largest absolute Gasteiger partial charge is 0.481 e. The molecule has 2 atom stereocenters. The molecule has 2 unspecified atom stereocenters. The molecule has 1 aromatic heterocycles. The second kappa shape index (κ2) is 5.88. The summed E-state index contributed by atoms with van der Waals surface area (Å²) in [6, 6.07) is 4.48. The average Bonchev–Trinajstić information content (AvgIpc) is 2.53. The lowest BCUT2D eigenvalue weighted by Gasteiger charge is -2.17. The fourth-order valence-corrected chi connectivity index (χ4v) is 2.43. The molecule has 0 radical (unpaired) electrons. The van der Waals surface area contributed by atoms with Gasteiger partial charge in [-0.15, -0.1) is 11.3 Å². The van der Waals surface area contributed by atoms with Crippen LogP contribution in [0.15, 0.2) is 17.5 Å². The van der Waals surface area contributed by atoms with Gasteiger partial charge in [-0.05, 0) is 31.7 Å². The Balaban J connectivity index is 2.29. The second-order valence-electron chi connectivity index (χ2n) is 3.85. The van der Waals surface area contributed by atoms with Crippen molar-refractivity contribution in [2.45, 2.75) is 38.8 Å². The lowest BCUT2D eigenvalue weighted by molar-refractivity contribution is -0.137. The molecule has 2 N–H and O–H groups in total. The highest BCUT2D eigenvalue weighted by Crippen LogP contribution is 2.11. The third kappa shape index (κ3) is 4.95. The van der Waals surface area contributed by atoms with Gasteiger partial charge in [0.25, 0.3) is 0 Å². The molecule has 0 aliphatic rings. The number of rotatable bonds is 6. The third-order valence-electron chi connectivity index (χ3n) is 2.14. The van der Waals surface area contributed by atoms with Gasteiger partial charge in [-0.3, -0.25) is 4.79 Å². The summed E-state index contributed by atoms with van der Waals surface area (Å²) in [5.74, 6) is -0.752. The first-order valence-electron chi connectivity index (χ1n) is 5.08. The lowest BCUT2D eigenvalue weighted by atomic mass is 10.1. The van der Waals surface area contributed by atoms with Crippen LogP contribution in [-0.2, 0) is 11.2 Å². The normalized spacial score (nSPS) is 14.8. The van der Waals surface area contributed by atoms with E-state index in [1.807, 2.05) is 13.0 Å². The molecule has 15 heavy (non-hydrogen) atoms. The average molecular weight is 227 g/mol. The van der Waals surface area contributed by atoms with E-state index in [1.165, 1.54) is 4.88 Å². The summed E-state index contributed by atoms with van der Waals surface area (Å²) in [7, 11) is 0. The Morgan fingerprint density at radius 3 is 2.80 bits per heavy atom. The van der Waals surface area contributed by atoms with E-state index >= 15 is 0 Å². The molecule has 0 spiro atoms. The van der Waals surface area contributed by atoms with Crippen LogP contribution in [0.4, 0.5) is 0 Å². The summed E-state index contributed by atoms with van der Waals surface area (Å²) in [6.07, 6.45) is 1.14. The smallest absolute Gasteiger partial charge is 0.304 e. The molecule has 0 saturated carbocycles. The van der Waals surface area contributed by atoms with E-state index in [9.17, 15) is 4.79 Å². The maximum atomic E-state index is 10.5. The predicted molar refractivity (Wildman–Crippen MR) is 62.3 cm³/mol. The van der Waals surface area contributed by atoms with Crippen molar-refractivity contribution in [3.63, 3.8) is 0 Å². The van der Waals surface area contributed by atoms with Crippen molar-refractivity contribution in [3.8, 4) is 0 Å². The molecule has 0 fully saturated rings. The highest BCUT2D eigenvalue weighted by molar-refractivity contribution is 7.09. The van der Waals surface area contributed by atoms with Gasteiger partial charge in [0.1, 0.15) is 0 Å². The zero-order valence-corrected chi connectivity index (χ0v) is 9.88. The fourth-order valence-electron chi connectivity index (χ4n) is 1.60. The summed E-state index contributed by atoms with van der Waals surface area (Å²) in [5, 5.41) is 13.9. The first-order chi connectivity index (χ1) is 7.08. The van der Waals surface area contributed by atoms with Crippen molar-refractivity contribution in [2.75, 3.05) is 0 Å². The molecule has 0 aromatic carbocycles. The van der Waals surface area contributed by atoms with E-state index in [2.05, 4.69) is 23.7 Å². The van der Waals surface area contributed by atoms with Crippen molar-refractivity contribution >= 4 is 17.3 Å². The van der Waals surface area contributed by atoms with Crippen LogP contribution in [-0.4, -0.2) is 23.2 Å². The highest BCUT2D eigenvalue weighted by Gasteiger charge is 2.11. The molecule has 0 amide bonds. The van der Waals surface area contributed by atoms with Crippen molar-refractivity contribution in [1.82, 2.24) is 5.32 Å². The van der Waals surface area contributed by atoms with Crippen LogP contribution in [0.5, 0.6) is 0 Å². The molecular weight excluding hydrogens is 210 g/mol. The summed E-state index contributed by atoms with van der Waals surface area (Å²) in [5.41, 5.74) is 0. The van der Waals surface area contributed by atoms with E-state index in [1.54, 1.807) is 11.3 Å². The number of thiophene rings is 1. The Hall–Kier alpha value is -0.870. The Kier molecular flexibility index (Phi) is 4.78. The topological polar surface area (TPSA) is 49.3 Å². The zero-order valence-electron chi connectivity index (χ0n) is 9.06. The summed E-state index contributed by atoms with van der Waals surface area (Å²) >= 11 is 1.74. The van der Waals surface area contributed by atoms with Gasteiger partial charge in [-0.2, -0.15) is 0 Å². The van der Waals surface area contributed by atoms with Crippen LogP contribution >= 0.6 is 11.3 Å². The monoisotopic (exact) mass is 227 g/mol. The number of aliphatic carboxylic acids is 1. The highest BCUT2D eigenvalue weighted by atomic mass is 32.1. The van der Waals surface area contributed by atoms with E-state index in [0.717, 1.165) is 6.42 Å². The first-order valence-corrected chi connectivity index (χ1v) is 5.96. The number of carboxylic acids is 1. The van der Waals surface area contributed by atoms with Crippen LogP contribution in [0.3, 0.4) is 0 Å². The van der Waals surface area contributed by atoms with Gasteiger partial charge in [-0.25, -0.2) is 0 Å².